The number of nitrogens with zero attached hydrogens (tertiary/aromatic N) is 1. The molecule has 0 saturated carbocycles. The van der Waals surface area contributed by atoms with E-state index in [1.165, 1.54) is 23.3 Å². The molecule has 0 aliphatic carbocycles. The van der Waals surface area contributed by atoms with Gasteiger partial charge in [0.05, 0.1) is 18.5 Å². The summed E-state index contributed by atoms with van der Waals surface area (Å²) in [5.41, 5.74) is 0.504. The number of ether oxygens (including phenoxy) is 2. The minimum absolute atomic E-state index is 0.0794. The lowest BCUT2D eigenvalue weighted by molar-refractivity contribution is -0.142. The topological polar surface area (TPSA) is 84.9 Å². The first-order valence-corrected chi connectivity index (χ1v) is 8.26. The molecule has 7 nitrogen and oxygen atoms in total. The van der Waals surface area contributed by atoms with Crippen molar-refractivity contribution in [1.29, 1.82) is 0 Å². The average molecular weight is 362 g/mol. The van der Waals surface area contributed by atoms with Crippen molar-refractivity contribution >= 4 is 34.8 Å². The summed E-state index contributed by atoms with van der Waals surface area (Å²) >= 11 is 1.32. The fourth-order valence-corrected chi connectivity index (χ4v) is 2.66. The Morgan fingerprint density at radius 1 is 1.20 bits per heavy atom. The van der Waals surface area contributed by atoms with Gasteiger partial charge in [0.2, 0.25) is 5.91 Å². The predicted octanol–water partition coefficient (Wildman–Crippen LogP) is 2.01. The van der Waals surface area contributed by atoms with Crippen LogP contribution in [0.5, 0.6) is 5.75 Å². The SMILES string of the molecule is COC(=O)COc1cccc(NC(=O)CN(C)C(=O)c2cccs2)c1. The first-order chi connectivity index (χ1) is 12.0. The van der Waals surface area contributed by atoms with Crippen LogP contribution in [-0.2, 0) is 14.3 Å². The minimum atomic E-state index is -0.497. The molecule has 0 aliphatic rings. The largest absolute Gasteiger partial charge is 0.482 e. The van der Waals surface area contributed by atoms with Crippen LogP contribution in [0.1, 0.15) is 9.67 Å². The molecule has 2 amide bonds. The van der Waals surface area contributed by atoms with Crippen LogP contribution in [0.25, 0.3) is 0 Å². The lowest BCUT2D eigenvalue weighted by Crippen LogP contribution is -2.34. The highest BCUT2D eigenvalue weighted by atomic mass is 32.1. The van der Waals surface area contributed by atoms with Crippen LogP contribution in [0.2, 0.25) is 0 Å². The molecule has 2 rings (SSSR count). The Hall–Kier alpha value is -2.87. The zero-order valence-corrected chi connectivity index (χ0v) is 14.7. The van der Waals surface area contributed by atoms with Crippen LogP contribution < -0.4 is 10.1 Å². The Bertz CT molecular complexity index is 745. The molecular weight excluding hydrogens is 344 g/mol. The number of likely N-dealkylation sites (N-methyl/N-ethyl adjacent to an activating group) is 1. The Morgan fingerprint density at radius 2 is 2.00 bits per heavy atom. The van der Waals surface area contributed by atoms with Crippen LogP contribution in [0, 0.1) is 0 Å². The molecule has 1 aromatic heterocycles. The fraction of sp³-hybridized carbons (Fsp3) is 0.235. The molecule has 1 N–H and O–H groups in total. The van der Waals surface area contributed by atoms with Crippen molar-refractivity contribution in [2.75, 3.05) is 32.6 Å². The number of hydrogen-bond acceptors (Lipinski definition) is 6. The van der Waals surface area contributed by atoms with Gasteiger partial charge in [0, 0.05) is 18.8 Å². The van der Waals surface area contributed by atoms with E-state index in [1.54, 1.807) is 48.8 Å². The fourth-order valence-electron chi connectivity index (χ4n) is 1.94. The molecule has 0 unspecified atom stereocenters. The number of carbonyl (C=O) groups is 3. The molecule has 0 bridgehead atoms. The number of carbonyl (C=O) groups excluding carboxylic acids is 3. The van der Waals surface area contributed by atoms with Crippen molar-refractivity contribution in [3.8, 4) is 5.75 Å². The van der Waals surface area contributed by atoms with E-state index in [-0.39, 0.29) is 25.0 Å². The number of thiophene rings is 1. The van der Waals surface area contributed by atoms with Gasteiger partial charge in [-0.2, -0.15) is 0 Å². The van der Waals surface area contributed by atoms with E-state index in [9.17, 15) is 14.4 Å². The van der Waals surface area contributed by atoms with Crippen molar-refractivity contribution in [3.63, 3.8) is 0 Å². The van der Waals surface area contributed by atoms with E-state index < -0.39 is 5.97 Å². The van der Waals surface area contributed by atoms with E-state index in [0.29, 0.717) is 16.3 Å². The highest BCUT2D eigenvalue weighted by molar-refractivity contribution is 7.12. The molecular formula is C17H18N2O5S. The van der Waals surface area contributed by atoms with Gasteiger partial charge in [-0.1, -0.05) is 12.1 Å². The van der Waals surface area contributed by atoms with Gasteiger partial charge >= 0.3 is 5.97 Å². The summed E-state index contributed by atoms with van der Waals surface area (Å²) in [6.45, 7) is -0.296. The van der Waals surface area contributed by atoms with Crippen molar-refractivity contribution in [3.05, 3.63) is 46.7 Å². The number of esters is 1. The minimum Gasteiger partial charge on any atom is -0.482 e. The van der Waals surface area contributed by atoms with Crippen LogP contribution in [0.3, 0.4) is 0 Å². The Balaban J connectivity index is 1.89. The van der Waals surface area contributed by atoms with Gasteiger partial charge in [-0.05, 0) is 23.6 Å². The molecule has 8 heteroatoms. The second-order valence-electron chi connectivity index (χ2n) is 5.08. The predicted molar refractivity (Wildman–Crippen MR) is 93.9 cm³/mol. The third kappa shape index (κ3) is 5.61. The maximum atomic E-state index is 12.1. The molecule has 0 aliphatic heterocycles. The highest BCUT2D eigenvalue weighted by Crippen LogP contribution is 2.17. The van der Waals surface area contributed by atoms with Crippen molar-refractivity contribution in [1.82, 2.24) is 4.90 Å². The maximum absolute atomic E-state index is 12.1. The standard InChI is InChI=1S/C17H18N2O5S/c1-19(17(22)14-7-4-8-25-14)10-15(20)18-12-5-3-6-13(9-12)24-11-16(21)23-2/h3-9H,10-11H2,1-2H3,(H,18,20). The van der Waals surface area contributed by atoms with Gasteiger partial charge in [0.15, 0.2) is 6.61 Å². The summed E-state index contributed by atoms with van der Waals surface area (Å²) in [5, 5.41) is 4.50. The van der Waals surface area contributed by atoms with Crippen molar-refractivity contribution in [2.45, 2.75) is 0 Å². The smallest absolute Gasteiger partial charge is 0.343 e. The number of benzene rings is 1. The number of nitrogens with one attached hydrogen (secondary N) is 1. The molecule has 2 aromatic rings. The molecule has 0 saturated heterocycles. The van der Waals surface area contributed by atoms with Gasteiger partial charge in [0.25, 0.3) is 5.91 Å². The molecule has 0 fully saturated rings. The van der Waals surface area contributed by atoms with E-state index in [0.717, 1.165) is 0 Å². The Kier molecular flexibility index (Phi) is 6.53. The number of anilines is 1. The van der Waals surface area contributed by atoms with Gasteiger partial charge in [-0.25, -0.2) is 4.79 Å². The second kappa shape index (κ2) is 8.84. The zero-order chi connectivity index (χ0) is 18.2. The van der Waals surface area contributed by atoms with Crippen LogP contribution in [0.15, 0.2) is 41.8 Å². The van der Waals surface area contributed by atoms with E-state index >= 15 is 0 Å². The number of rotatable bonds is 7. The quantitative estimate of drug-likeness (QED) is 0.762. The van der Waals surface area contributed by atoms with E-state index in [4.69, 9.17) is 4.74 Å². The van der Waals surface area contributed by atoms with Gasteiger partial charge < -0.3 is 19.7 Å². The summed E-state index contributed by atoms with van der Waals surface area (Å²) < 4.78 is 9.75. The summed E-state index contributed by atoms with van der Waals surface area (Å²) in [7, 11) is 2.84. The van der Waals surface area contributed by atoms with Crippen molar-refractivity contribution < 1.29 is 23.9 Å². The normalized spacial score (nSPS) is 10.0. The Labute approximate surface area is 149 Å². The molecule has 1 heterocycles. The molecule has 0 radical (unpaired) electrons. The van der Waals surface area contributed by atoms with Crippen LogP contribution >= 0.6 is 11.3 Å². The summed E-state index contributed by atoms with van der Waals surface area (Å²) in [6, 6.07) is 10.1. The third-order valence-electron chi connectivity index (χ3n) is 3.16. The first kappa shape index (κ1) is 18.5. The van der Waals surface area contributed by atoms with E-state index in [2.05, 4.69) is 10.1 Å². The lowest BCUT2D eigenvalue weighted by Gasteiger charge is -2.16. The molecule has 1 aromatic carbocycles. The summed E-state index contributed by atoms with van der Waals surface area (Å²) in [4.78, 5) is 37.2. The first-order valence-electron chi connectivity index (χ1n) is 7.38. The van der Waals surface area contributed by atoms with Crippen LogP contribution in [-0.4, -0.2) is 50.0 Å². The van der Waals surface area contributed by atoms with Gasteiger partial charge in [0.1, 0.15) is 5.75 Å². The Morgan fingerprint density at radius 3 is 2.68 bits per heavy atom. The summed E-state index contributed by atoms with van der Waals surface area (Å²) in [5.74, 6) is -0.618. The number of methoxy groups -OCH3 is 1. The highest BCUT2D eigenvalue weighted by Gasteiger charge is 2.16. The monoisotopic (exact) mass is 362 g/mol. The summed E-state index contributed by atoms with van der Waals surface area (Å²) in [6.07, 6.45) is 0. The average Bonchev–Trinajstić information content (AvgIpc) is 3.13. The number of hydrogen-bond donors (Lipinski definition) is 1. The second-order valence-corrected chi connectivity index (χ2v) is 6.03. The van der Waals surface area contributed by atoms with Gasteiger partial charge in [-0.15, -0.1) is 11.3 Å². The van der Waals surface area contributed by atoms with E-state index in [1.807, 2.05) is 0 Å². The lowest BCUT2D eigenvalue weighted by atomic mass is 10.3. The molecule has 25 heavy (non-hydrogen) atoms. The number of amides is 2. The maximum Gasteiger partial charge on any atom is 0.343 e. The zero-order valence-electron chi connectivity index (χ0n) is 13.9. The molecule has 0 spiro atoms. The molecule has 132 valence electrons. The third-order valence-corrected chi connectivity index (χ3v) is 4.02. The molecule has 0 atom stereocenters. The van der Waals surface area contributed by atoms with Crippen molar-refractivity contribution in [2.24, 2.45) is 0 Å². The van der Waals surface area contributed by atoms with Gasteiger partial charge in [-0.3, -0.25) is 9.59 Å². The van der Waals surface area contributed by atoms with Crippen LogP contribution in [0.4, 0.5) is 5.69 Å².